The lowest BCUT2D eigenvalue weighted by Crippen LogP contribution is -2.53. The molecule has 5 heteroatoms. The van der Waals surface area contributed by atoms with E-state index < -0.39 is 16.6 Å². The van der Waals surface area contributed by atoms with Crippen LogP contribution in [0, 0.1) is 11.3 Å². The number of unbranched alkanes of at least 4 members (excludes halogenated alkanes) is 6. The predicted octanol–water partition coefficient (Wildman–Crippen LogP) is 8.71. The molecule has 0 N–H and O–H groups in total. The van der Waals surface area contributed by atoms with Crippen molar-refractivity contribution in [2.24, 2.45) is 0 Å². The number of ether oxygens (including phenoxy) is 1. The highest BCUT2D eigenvalue weighted by Crippen LogP contribution is 2.28. The van der Waals surface area contributed by atoms with E-state index in [0.29, 0.717) is 5.56 Å². The topological polar surface area (TPSA) is 42.2 Å². The third-order valence-electron chi connectivity index (χ3n) is 5.89. The molecule has 0 amide bonds. The molecular formula is C28H43NO2Si2. The Labute approximate surface area is 204 Å². The molecule has 0 bridgehead atoms. The van der Waals surface area contributed by atoms with E-state index in [0.717, 1.165) is 23.3 Å². The van der Waals surface area contributed by atoms with E-state index in [1.165, 1.54) is 44.9 Å². The lowest BCUT2D eigenvalue weighted by atomic mass is 10.0. The fourth-order valence-electron chi connectivity index (χ4n) is 4.32. The van der Waals surface area contributed by atoms with Crippen molar-refractivity contribution >= 4 is 16.6 Å². The van der Waals surface area contributed by atoms with Crippen molar-refractivity contribution in [3.8, 4) is 22.9 Å². The lowest BCUT2D eigenvalue weighted by molar-refractivity contribution is 0.233. The maximum absolute atomic E-state index is 9.01. The van der Waals surface area contributed by atoms with Gasteiger partial charge in [0.1, 0.15) is 11.5 Å². The zero-order valence-corrected chi connectivity index (χ0v) is 23.6. The third kappa shape index (κ3) is 9.87. The minimum Gasteiger partial charge on any atom is -0.491 e. The SMILES string of the molecule is CCCCCCCCCC(Oc1ccc(-c2ccc(C#N)cc2)cc1)[Si](C)(C)O[Si](C)(C)C. The van der Waals surface area contributed by atoms with Gasteiger partial charge in [-0.05, 0) is 74.5 Å². The maximum Gasteiger partial charge on any atom is 0.216 e. The highest BCUT2D eigenvalue weighted by molar-refractivity contribution is 6.84. The van der Waals surface area contributed by atoms with Crippen LogP contribution < -0.4 is 4.74 Å². The molecule has 0 fully saturated rings. The van der Waals surface area contributed by atoms with Gasteiger partial charge >= 0.3 is 0 Å². The Bertz CT molecular complexity index is 865. The molecule has 0 aliphatic heterocycles. The highest BCUT2D eigenvalue weighted by Gasteiger charge is 2.39. The van der Waals surface area contributed by atoms with Crippen molar-refractivity contribution in [3.05, 3.63) is 54.1 Å². The maximum atomic E-state index is 9.01. The number of hydrogen-bond donors (Lipinski definition) is 0. The Morgan fingerprint density at radius 3 is 1.79 bits per heavy atom. The van der Waals surface area contributed by atoms with Crippen LogP contribution in [-0.4, -0.2) is 22.4 Å². The summed E-state index contributed by atoms with van der Waals surface area (Å²) in [5.74, 6) is 0.917. The molecule has 2 aromatic rings. The fraction of sp³-hybridized carbons (Fsp3) is 0.536. The molecule has 0 radical (unpaired) electrons. The summed E-state index contributed by atoms with van der Waals surface area (Å²) >= 11 is 0. The second kappa shape index (κ2) is 13.1. The van der Waals surface area contributed by atoms with Crippen molar-refractivity contribution in [1.82, 2.24) is 0 Å². The normalized spacial score (nSPS) is 12.9. The fourth-order valence-corrected chi connectivity index (χ4v) is 12.5. The molecule has 2 rings (SSSR count). The van der Waals surface area contributed by atoms with Crippen LogP contribution >= 0.6 is 0 Å². The van der Waals surface area contributed by atoms with E-state index in [4.69, 9.17) is 14.1 Å². The summed E-state index contributed by atoms with van der Waals surface area (Å²) in [6.07, 6.45) is 10.2. The van der Waals surface area contributed by atoms with Crippen LogP contribution in [-0.2, 0) is 4.12 Å². The highest BCUT2D eigenvalue weighted by atomic mass is 28.4. The molecule has 0 heterocycles. The Balaban J connectivity index is 2.05. The molecule has 0 saturated carbocycles. The molecule has 0 spiro atoms. The molecule has 1 atom stereocenters. The van der Waals surface area contributed by atoms with Crippen molar-refractivity contribution in [3.63, 3.8) is 0 Å². The van der Waals surface area contributed by atoms with Crippen molar-refractivity contribution in [2.45, 2.75) is 96.8 Å². The number of hydrogen-bond acceptors (Lipinski definition) is 3. The smallest absolute Gasteiger partial charge is 0.216 e. The molecule has 33 heavy (non-hydrogen) atoms. The second-order valence-corrected chi connectivity index (χ2v) is 19.4. The van der Waals surface area contributed by atoms with Crippen molar-refractivity contribution in [1.29, 1.82) is 5.26 Å². The van der Waals surface area contributed by atoms with E-state index >= 15 is 0 Å². The van der Waals surface area contributed by atoms with E-state index in [9.17, 15) is 0 Å². The summed E-state index contributed by atoms with van der Waals surface area (Å²) in [6.45, 7) is 13.7. The lowest BCUT2D eigenvalue weighted by Gasteiger charge is -2.37. The molecule has 3 nitrogen and oxygen atoms in total. The van der Waals surface area contributed by atoms with Gasteiger partial charge in [0.25, 0.3) is 0 Å². The summed E-state index contributed by atoms with van der Waals surface area (Å²) in [7, 11) is -3.66. The predicted molar refractivity (Wildman–Crippen MR) is 146 cm³/mol. The van der Waals surface area contributed by atoms with Crippen LogP contribution in [0.25, 0.3) is 11.1 Å². The summed E-state index contributed by atoms with van der Waals surface area (Å²) in [4.78, 5) is 0. The quantitative estimate of drug-likeness (QED) is 0.200. The van der Waals surface area contributed by atoms with Crippen molar-refractivity contribution < 1.29 is 8.85 Å². The summed E-state index contributed by atoms with van der Waals surface area (Å²) < 4.78 is 13.3. The minimum atomic E-state index is -2.01. The number of nitriles is 1. The average Bonchev–Trinajstić information content (AvgIpc) is 2.76. The summed E-state index contributed by atoms with van der Waals surface area (Å²) in [5.41, 5.74) is 3.07. The zero-order valence-electron chi connectivity index (χ0n) is 21.6. The van der Waals surface area contributed by atoms with Gasteiger partial charge in [0, 0.05) is 0 Å². The summed E-state index contributed by atoms with van der Waals surface area (Å²) in [6, 6.07) is 18.2. The van der Waals surface area contributed by atoms with Crippen LogP contribution in [0.5, 0.6) is 5.75 Å². The number of benzene rings is 2. The van der Waals surface area contributed by atoms with E-state index in [1.54, 1.807) is 0 Å². The first-order chi connectivity index (χ1) is 15.6. The van der Waals surface area contributed by atoms with Gasteiger partial charge in [0.2, 0.25) is 8.32 Å². The first-order valence-corrected chi connectivity index (χ1v) is 19.0. The largest absolute Gasteiger partial charge is 0.491 e. The zero-order chi connectivity index (χ0) is 24.3. The molecule has 0 saturated heterocycles. The Morgan fingerprint density at radius 1 is 0.758 bits per heavy atom. The second-order valence-electron chi connectivity index (χ2n) is 10.5. The minimum absolute atomic E-state index is 0.153. The van der Waals surface area contributed by atoms with Gasteiger partial charge < -0.3 is 8.85 Å². The van der Waals surface area contributed by atoms with Crippen molar-refractivity contribution in [2.75, 3.05) is 0 Å². The van der Waals surface area contributed by atoms with Gasteiger partial charge in [0.05, 0.1) is 11.6 Å². The molecule has 1 unspecified atom stereocenters. The monoisotopic (exact) mass is 481 g/mol. The molecular weight excluding hydrogens is 438 g/mol. The van der Waals surface area contributed by atoms with Crippen LogP contribution in [0.3, 0.4) is 0 Å². The van der Waals surface area contributed by atoms with Crippen LogP contribution in [0.4, 0.5) is 0 Å². The molecule has 0 aliphatic carbocycles. The average molecular weight is 482 g/mol. The molecule has 180 valence electrons. The standard InChI is InChI=1S/C28H43NO2Si2/c1-7-8-9-10-11-12-13-14-28(33(5,6)31-32(2,3)4)30-27-21-19-26(20-22-27)25-17-15-24(23-29)16-18-25/h15-22,28H,7-14H2,1-6H3. The van der Waals surface area contributed by atoms with Crippen LogP contribution in [0.2, 0.25) is 32.7 Å². The first kappa shape index (κ1) is 27.4. The van der Waals surface area contributed by atoms with E-state index in [1.807, 2.05) is 24.3 Å². The molecule has 0 aromatic heterocycles. The Hall–Kier alpha value is -1.88. The van der Waals surface area contributed by atoms with Crippen LogP contribution in [0.1, 0.15) is 63.9 Å². The van der Waals surface area contributed by atoms with Gasteiger partial charge in [-0.25, -0.2) is 0 Å². The number of nitrogens with zero attached hydrogens (tertiary/aromatic N) is 1. The van der Waals surface area contributed by atoms with Gasteiger partial charge in [0.15, 0.2) is 8.32 Å². The Kier molecular flexibility index (Phi) is 10.9. The van der Waals surface area contributed by atoms with Gasteiger partial charge in [-0.3, -0.25) is 0 Å². The summed E-state index contributed by atoms with van der Waals surface area (Å²) in [5, 5.41) is 9.01. The van der Waals surface area contributed by atoms with E-state index in [-0.39, 0.29) is 5.73 Å². The first-order valence-electron chi connectivity index (χ1n) is 12.6. The van der Waals surface area contributed by atoms with Gasteiger partial charge in [-0.2, -0.15) is 5.26 Å². The third-order valence-corrected chi connectivity index (χ3v) is 12.4. The van der Waals surface area contributed by atoms with Gasteiger partial charge in [-0.15, -0.1) is 0 Å². The molecule has 0 aliphatic rings. The van der Waals surface area contributed by atoms with Gasteiger partial charge in [-0.1, -0.05) is 76.1 Å². The Morgan fingerprint density at radius 2 is 1.27 bits per heavy atom. The van der Waals surface area contributed by atoms with E-state index in [2.05, 4.69) is 70.0 Å². The van der Waals surface area contributed by atoms with Crippen LogP contribution in [0.15, 0.2) is 48.5 Å². The molecule has 2 aromatic carbocycles. The number of rotatable bonds is 14.